The number of nitrogens with two attached hydrogens (primary N) is 1. The maximum absolute atomic E-state index is 11.7. The van der Waals surface area contributed by atoms with Crippen molar-refractivity contribution in [2.45, 2.75) is 38.6 Å². The molecule has 0 unspecified atom stereocenters. The lowest BCUT2D eigenvalue weighted by atomic mass is 9.93. The zero-order chi connectivity index (χ0) is 17.9. The van der Waals surface area contributed by atoms with Crippen molar-refractivity contribution < 1.29 is 14.7 Å². The molecule has 0 radical (unpaired) electrons. The molecule has 7 nitrogen and oxygen atoms in total. The van der Waals surface area contributed by atoms with Crippen molar-refractivity contribution in [2.24, 2.45) is 11.7 Å². The number of nitrogens with zero attached hydrogens (tertiary/aromatic N) is 2. The Morgan fingerprint density at radius 1 is 1.50 bits per heavy atom. The van der Waals surface area contributed by atoms with E-state index in [-0.39, 0.29) is 5.54 Å². The van der Waals surface area contributed by atoms with E-state index in [4.69, 9.17) is 10.8 Å². The number of carbonyl (C=O) groups excluding carboxylic acids is 1. The highest BCUT2D eigenvalue weighted by Crippen LogP contribution is 2.39. The molecule has 1 atom stereocenters. The summed E-state index contributed by atoms with van der Waals surface area (Å²) in [6.07, 6.45) is 1.66. The first-order valence-corrected chi connectivity index (χ1v) is 8.71. The first-order valence-electron chi connectivity index (χ1n) is 7.91. The highest BCUT2D eigenvalue weighted by atomic mass is 79.9. The molecule has 0 aromatic carbocycles. The first-order chi connectivity index (χ1) is 11.2. The van der Waals surface area contributed by atoms with Gasteiger partial charge in [-0.05, 0) is 67.1 Å². The molecule has 1 aliphatic rings. The molecule has 0 saturated carbocycles. The lowest BCUT2D eigenvalue weighted by Gasteiger charge is -2.33. The Hall–Kier alpha value is -1.83. The second-order valence-electron chi connectivity index (χ2n) is 6.74. The molecule has 0 aliphatic carbocycles. The summed E-state index contributed by atoms with van der Waals surface area (Å²) in [4.78, 5) is 28.8. The van der Waals surface area contributed by atoms with E-state index in [1.54, 1.807) is 12.1 Å². The van der Waals surface area contributed by atoms with Crippen molar-refractivity contribution in [1.29, 1.82) is 0 Å². The van der Waals surface area contributed by atoms with Gasteiger partial charge in [-0.25, -0.2) is 9.78 Å². The van der Waals surface area contributed by atoms with Gasteiger partial charge in [0.25, 0.3) is 5.91 Å². The minimum Gasteiger partial charge on any atom is -0.465 e. The lowest BCUT2D eigenvalue weighted by molar-refractivity contribution is 0.1000. The lowest BCUT2D eigenvalue weighted by Crippen LogP contribution is -2.40. The van der Waals surface area contributed by atoms with Gasteiger partial charge in [-0.2, -0.15) is 0 Å². The van der Waals surface area contributed by atoms with Crippen molar-refractivity contribution in [1.82, 2.24) is 10.3 Å². The Kier molecular flexibility index (Phi) is 5.69. The number of nitrogens with one attached hydrogen (secondary N) is 1. The number of aromatic nitrogens is 1. The van der Waals surface area contributed by atoms with Crippen LogP contribution in [0.5, 0.6) is 0 Å². The van der Waals surface area contributed by atoms with Crippen LogP contribution in [0.2, 0.25) is 0 Å². The predicted octanol–water partition coefficient (Wildman–Crippen LogP) is 2.60. The monoisotopic (exact) mass is 398 g/mol. The molecule has 1 saturated heterocycles. The number of carboxylic acid groups (broad SMARTS) is 1. The second-order valence-corrected chi connectivity index (χ2v) is 7.55. The number of rotatable bonds is 6. The van der Waals surface area contributed by atoms with Crippen LogP contribution in [-0.4, -0.2) is 40.7 Å². The van der Waals surface area contributed by atoms with Gasteiger partial charge in [0, 0.05) is 18.6 Å². The number of pyridine rings is 1. The highest BCUT2D eigenvalue weighted by Gasteiger charge is 2.40. The molecule has 4 N–H and O–H groups in total. The van der Waals surface area contributed by atoms with Crippen molar-refractivity contribution >= 4 is 33.7 Å². The minimum atomic E-state index is -0.993. The average Bonchev–Trinajstić information content (AvgIpc) is 2.77. The van der Waals surface area contributed by atoms with Gasteiger partial charge >= 0.3 is 6.09 Å². The number of halogens is 1. The van der Waals surface area contributed by atoms with Crippen molar-refractivity contribution in [2.75, 3.05) is 18.0 Å². The topological polar surface area (TPSA) is 109 Å². The summed E-state index contributed by atoms with van der Waals surface area (Å²) in [6.45, 7) is 5.46. The average molecular weight is 399 g/mol. The van der Waals surface area contributed by atoms with E-state index in [1.165, 1.54) is 0 Å². The number of amides is 2. The quantitative estimate of drug-likeness (QED) is 0.503. The van der Waals surface area contributed by atoms with Gasteiger partial charge in [-0.1, -0.05) is 0 Å². The number of hydrogen-bond acceptors (Lipinski definition) is 4. The maximum atomic E-state index is 11.7. The molecule has 24 heavy (non-hydrogen) atoms. The van der Waals surface area contributed by atoms with Crippen molar-refractivity contribution in [3.05, 3.63) is 22.3 Å². The molecule has 1 aliphatic heterocycles. The zero-order valence-corrected chi connectivity index (χ0v) is 15.5. The summed E-state index contributed by atoms with van der Waals surface area (Å²) in [5.41, 5.74) is 5.76. The SMILES string of the molecule is CC1(C)C[C@H](CCCNC(=O)O)CN1c1nc(Br)ccc1C(N)=O. The van der Waals surface area contributed by atoms with Gasteiger partial charge in [0.15, 0.2) is 0 Å². The normalized spacial score (nSPS) is 19.3. The van der Waals surface area contributed by atoms with E-state index < -0.39 is 12.0 Å². The second kappa shape index (κ2) is 7.38. The third-order valence-electron chi connectivity index (χ3n) is 4.39. The maximum Gasteiger partial charge on any atom is 0.404 e. The molecular weight excluding hydrogens is 376 g/mol. The molecule has 1 aromatic heterocycles. The van der Waals surface area contributed by atoms with Gasteiger partial charge in [0.05, 0.1) is 5.56 Å². The van der Waals surface area contributed by atoms with Gasteiger partial charge in [-0.15, -0.1) is 0 Å². The fourth-order valence-electron chi connectivity index (χ4n) is 3.36. The van der Waals surface area contributed by atoms with Crippen LogP contribution in [0.25, 0.3) is 0 Å². The van der Waals surface area contributed by atoms with E-state index in [9.17, 15) is 9.59 Å². The van der Waals surface area contributed by atoms with Crippen LogP contribution in [0.3, 0.4) is 0 Å². The Labute approximate surface area is 149 Å². The van der Waals surface area contributed by atoms with Gasteiger partial charge in [0.2, 0.25) is 0 Å². The third-order valence-corrected chi connectivity index (χ3v) is 4.83. The van der Waals surface area contributed by atoms with E-state index in [0.29, 0.717) is 28.4 Å². The molecule has 1 fully saturated rings. The van der Waals surface area contributed by atoms with Crippen molar-refractivity contribution in [3.63, 3.8) is 0 Å². The summed E-state index contributed by atoms with van der Waals surface area (Å²) in [5.74, 6) is 0.528. The predicted molar refractivity (Wildman–Crippen MR) is 95.2 cm³/mol. The fraction of sp³-hybridized carbons (Fsp3) is 0.562. The Morgan fingerprint density at radius 3 is 2.83 bits per heavy atom. The Balaban J connectivity index is 2.12. The van der Waals surface area contributed by atoms with E-state index >= 15 is 0 Å². The summed E-state index contributed by atoms with van der Waals surface area (Å²) >= 11 is 3.36. The molecule has 2 heterocycles. The fourth-order valence-corrected chi connectivity index (χ4v) is 3.66. The van der Waals surface area contributed by atoms with Crippen LogP contribution < -0.4 is 16.0 Å². The minimum absolute atomic E-state index is 0.150. The summed E-state index contributed by atoms with van der Waals surface area (Å²) in [5, 5.41) is 11.0. The zero-order valence-electron chi connectivity index (χ0n) is 13.9. The molecule has 0 bridgehead atoms. The summed E-state index contributed by atoms with van der Waals surface area (Å²) in [6, 6.07) is 3.40. The molecule has 8 heteroatoms. The van der Waals surface area contributed by atoms with Crippen molar-refractivity contribution in [3.8, 4) is 0 Å². The molecule has 1 aromatic rings. The largest absolute Gasteiger partial charge is 0.465 e. The molecule has 2 amide bonds. The van der Waals surface area contributed by atoms with Gasteiger partial charge < -0.3 is 21.1 Å². The standard InChI is InChI=1S/C16H23BrN4O3/c1-16(2)8-10(4-3-7-19-15(23)24)9-21(16)14-11(13(18)22)5-6-12(17)20-14/h5-6,10,19H,3-4,7-9H2,1-2H3,(H2,18,22)(H,23,24)/t10-/m0/s1. The van der Waals surface area contributed by atoms with Crippen LogP contribution in [-0.2, 0) is 0 Å². The van der Waals surface area contributed by atoms with Gasteiger partial charge in [0.1, 0.15) is 10.4 Å². The molecule has 0 spiro atoms. The molecule has 2 rings (SSSR count). The van der Waals surface area contributed by atoms with E-state index in [0.717, 1.165) is 25.8 Å². The number of hydrogen-bond donors (Lipinski definition) is 3. The van der Waals surface area contributed by atoms with E-state index in [1.807, 2.05) is 0 Å². The smallest absolute Gasteiger partial charge is 0.404 e. The van der Waals surface area contributed by atoms with Gasteiger partial charge in [-0.3, -0.25) is 4.79 Å². The van der Waals surface area contributed by atoms with Crippen LogP contribution in [0.15, 0.2) is 16.7 Å². The van der Waals surface area contributed by atoms with Crippen LogP contribution in [0, 0.1) is 5.92 Å². The molecular formula is C16H23BrN4O3. The van der Waals surface area contributed by atoms with Crippen LogP contribution in [0.4, 0.5) is 10.6 Å². The first kappa shape index (κ1) is 18.5. The highest BCUT2D eigenvalue weighted by molar-refractivity contribution is 9.10. The number of carbonyl (C=O) groups is 2. The van der Waals surface area contributed by atoms with Crippen LogP contribution >= 0.6 is 15.9 Å². The van der Waals surface area contributed by atoms with Crippen LogP contribution in [0.1, 0.15) is 43.5 Å². The number of primary amides is 1. The third kappa shape index (κ3) is 4.37. The van der Waals surface area contributed by atoms with E-state index in [2.05, 4.69) is 45.0 Å². The molecule has 132 valence electrons. The summed E-state index contributed by atoms with van der Waals surface area (Å²) < 4.78 is 0.660. The Bertz CT molecular complexity index is 636. The Morgan fingerprint density at radius 2 is 2.21 bits per heavy atom. The number of anilines is 1. The summed E-state index contributed by atoms with van der Waals surface area (Å²) in [7, 11) is 0.